The van der Waals surface area contributed by atoms with Gasteiger partial charge in [0, 0.05) is 38.0 Å². The molecule has 0 radical (unpaired) electrons. The highest BCUT2D eigenvalue weighted by Crippen LogP contribution is 2.37. The molecule has 1 fully saturated rings. The van der Waals surface area contributed by atoms with Crippen LogP contribution in [0.4, 0.5) is 0 Å². The molecule has 0 spiro atoms. The maximum Gasteiger partial charge on any atom is 0.251 e. The van der Waals surface area contributed by atoms with Gasteiger partial charge in [-0.15, -0.1) is 0 Å². The highest BCUT2D eigenvalue weighted by atomic mass is 35.5. The molecule has 3 rings (SSSR count). The van der Waals surface area contributed by atoms with Crippen LogP contribution in [0.1, 0.15) is 36.0 Å². The van der Waals surface area contributed by atoms with E-state index in [1.807, 2.05) is 4.90 Å². The fourth-order valence-corrected chi connectivity index (χ4v) is 3.14. The van der Waals surface area contributed by atoms with Gasteiger partial charge in [0.05, 0.1) is 18.2 Å². The molecule has 0 bridgehead atoms. The lowest BCUT2D eigenvalue weighted by Crippen LogP contribution is -2.30. The maximum absolute atomic E-state index is 12.3. The van der Waals surface area contributed by atoms with Crippen LogP contribution in [-0.2, 0) is 4.79 Å². The number of amides is 2. The van der Waals surface area contributed by atoms with E-state index in [1.165, 1.54) is 0 Å². The van der Waals surface area contributed by atoms with Crippen LogP contribution < -0.4 is 14.8 Å². The standard InChI is InChI=1S/C17H21ClN2O4/c18-13-10-12(11-14-16(13)24-9-3-8-23-14)17(22)19-5-2-7-20-6-1-4-15(20)21/h10-11H,1-9H2,(H,19,22). The molecule has 1 N–H and O–H groups in total. The fourth-order valence-electron chi connectivity index (χ4n) is 2.88. The summed E-state index contributed by atoms with van der Waals surface area (Å²) in [5.41, 5.74) is 0.446. The third kappa shape index (κ3) is 3.93. The Kier molecular flexibility index (Phi) is 5.45. The lowest BCUT2D eigenvalue weighted by atomic mass is 10.2. The molecular weight excluding hydrogens is 332 g/mol. The molecule has 2 aliphatic rings. The Morgan fingerprint density at radius 1 is 1.25 bits per heavy atom. The van der Waals surface area contributed by atoms with Crippen LogP contribution in [0, 0.1) is 0 Å². The van der Waals surface area contributed by atoms with Crippen molar-refractivity contribution < 1.29 is 19.1 Å². The monoisotopic (exact) mass is 352 g/mol. The molecule has 2 aliphatic heterocycles. The second-order valence-electron chi connectivity index (χ2n) is 5.93. The minimum Gasteiger partial charge on any atom is -0.489 e. The summed E-state index contributed by atoms with van der Waals surface area (Å²) < 4.78 is 11.1. The lowest BCUT2D eigenvalue weighted by Gasteiger charge is -2.15. The number of ether oxygens (including phenoxy) is 2. The van der Waals surface area contributed by atoms with Crippen LogP contribution in [0.5, 0.6) is 11.5 Å². The van der Waals surface area contributed by atoms with E-state index in [9.17, 15) is 9.59 Å². The number of nitrogens with one attached hydrogen (secondary N) is 1. The first-order chi connectivity index (χ1) is 11.6. The summed E-state index contributed by atoms with van der Waals surface area (Å²) in [6.07, 6.45) is 3.08. The lowest BCUT2D eigenvalue weighted by molar-refractivity contribution is -0.127. The van der Waals surface area contributed by atoms with Crippen molar-refractivity contribution in [3.63, 3.8) is 0 Å². The van der Waals surface area contributed by atoms with Gasteiger partial charge in [0.15, 0.2) is 11.5 Å². The molecule has 1 aromatic rings. The summed E-state index contributed by atoms with van der Waals surface area (Å²) in [5.74, 6) is 1.00. The van der Waals surface area contributed by atoms with Gasteiger partial charge in [0.1, 0.15) is 0 Å². The maximum atomic E-state index is 12.3. The van der Waals surface area contributed by atoms with Gasteiger partial charge in [-0.25, -0.2) is 0 Å². The molecule has 0 saturated carbocycles. The van der Waals surface area contributed by atoms with E-state index in [0.29, 0.717) is 54.8 Å². The average Bonchev–Trinajstić information content (AvgIpc) is 2.83. The third-order valence-corrected chi connectivity index (χ3v) is 4.41. The Morgan fingerprint density at radius 2 is 2.08 bits per heavy atom. The molecule has 24 heavy (non-hydrogen) atoms. The zero-order valence-corrected chi connectivity index (χ0v) is 14.2. The number of halogens is 1. The SMILES string of the molecule is O=C(NCCCN1CCCC1=O)c1cc(Cl)c2c(c1)OCCCO2. The van der Waals surface area contributed by atoms with E-state index in [2.05, 4.69) is 5.32 Å². The summed E-state index contributed by atoms with van der Waals surface area (Å²) in [6.45, 7) is 3.10. The van der Waals surface area contributed by atoms with Crippen molar-refractivity contribution >= 4 is 23.4 Å². The largest absolute Gasteiger partial charge is 0.489 e. The van der Waals surface area contributed by atoms with Crippen LogP contribution >= 0.6 is 11.6 Å². The molecule has 0 aliphatic carbocycles. The second-order valence-corrected chi connectivity index (χ2v) is 6.34. The van der Waals surface area contributed by atoms with Crippen molar-refractivity contribution in [1.82, 2.24) is 10.2 Å². The highest BCUT2D eigenvalue weighted by molar-refractivity contribution is 6.32. The fraction of sp³-hybridized carbons (Fsp3) is 0.529. The van der Waals surface area contributed by atoms with E-state index in [0.717, 1.165) is 25.8 Å². The van der Waals surface area contributed by atoms with Crippen LogP contribution in [0.15, 0.2) is 12.1 Å². The zero-order valence-electron chi connectivity index (χ0n) is 13.5. The summed E-state index contributed by atoms with van der Waals surface area (Å²) in [4.78, 5) is 25.7. The number of carbonyl (C=O) groups is 2. The second kappa shape index (κ2) is 7.75. The summed E-state index contributed by atoms with van der Waals surface area (Å²) in [5, 5.41) is 3.23. The van der Waals surface area contributed by atoms with Gasteiger partial charge in [-0.2, -0.15) is 0 Å². The van der Waals surface area contributed by atoms with Gasteiger partial charge < -0.3 is 19.7 Å². The van der Waals surface area contributed by atoms with Gasteiger partial charge >= 0.3 is 0 Å². The van der Waals surface area contributed by atoms with E-state index >= 15 is 0 Å². The number of hydrogen-bond acceptors (Lipinski definition) is 4. The summed E-state index contributed by atoms with van der Waals surface area (Å²) in [6, 6.07) is 3.25. The van der Waals surface area contributed by atoms with Crippen molar-refractivity contribution in [2.45, 2.75) is 25.7 Å². The Balaban J connectivity index is 1.54. The molecule has 6 nitrogen and oxygen atoms in total. The number of benzene rings is 1. The average molecular weight is 353 g/mol. The number of rotatable bonds is 5. The van der Waals surface area contributed by atoms with Gasteiger partial charge in [-0.1, -0.05) is 11.6 Å². The van der Waals surface area contributed by atoms with Crippen LogP contribution in [0.25, 0.3) is 0 Å². The Morgan fingerprint density at radius 3 is 2.88 bits per heavy atom. The van der Waals surface area contributed by atoms with Gasteiger partial charge in [0.2, 0.25) is 5.91 Å². The van der Waals surface area contributed by atoms with Gasteiger partial charge in [0.25, 0.3) is 5.91 Å². The van der Waals surface area contributed by atoms with Gasteiger partial charge in [-0.3, -0.25) is 9.59 Å². The van der Waals surface area contributed by atoms with Crippen molar-refractivity contribution in [2.24, 2.45) is 0 Å². The number of hydrogen-bond donors (Lipinski definition) is 1. The molecule has 0 atom stereocenters. The first-order valence-corrected chi connectivity index (χ1v) is 8.68. The number of nitrogens with zero attached hydrogens (tertiary/aromatic N) is 1. The zero-order chi connectivity index (χ0) is 16.9. The Bertz CT molecular complexity index is 635. The molecule has 1 aromatic carbocycles. The molecule has 2 amide bonds. The van der Waals surface area contributed by atoms with Gasteiger partial charge in [-0.05, 0) is 25.0 Å². The van der Waals surface area contributed by atoms with Crippen molar-refractivity contribution in [3.05, 3.63) is 22.7 Å². The molecule has 2 heterocycles. The number of carbonyl (C=O) groups excluding carboxylic acids is 2. The van der Waals surface area contributed by atoms with E-state index < -0.39 is 0 Å². The van der Waals surface area contributed by atoms with Crippen molar-refractivity contribution in [3.8, 4) is 11.5 Å². The van der Waals surface area contributed by atoms with Crippen molar-refractivity contribution in [1.29, 1.82) is 0 Å². The summed E-state index contributed by atoms with van der Waals surface area (Å²) >= 11 is 6.20. The molecule has 1 saturated heterocycles. The predicted molar refractivity (Wildman–Crippen MR) is 89.8 cm³/mol. The molecule has 0 unspecified atom stereocenters. The smallest absolute Gasteiger partial charge is 0.251 e. The molecular formula is C17H21ClN2O4. The molecule has 7 heteroatoms. The van der Waals surface area contributed by atoms with E-state index in [-0.39, 0.29) is 11.8 Å². The predicted octanol–water partition coefficient (Wildman–Crippen LogP) is 2.24. The Labute approximate surface area is 146 Å². The highest BCUT2D eigenvalue weighted by Gasteiger charge is 2.20. The summed E-state index contributed by atoms with van der Waals surface area (Å²) in [7, 11) is 0. The normalized spacial score (nSPS) is 16.9. The molecule has 0 aromatic heterocycles. The van der Waals surface area contributed by atoms with Crippen LogP contribution in [-0.4, -0.2) is 49.6 Å². The van der Waals surface area contributed by atoms with Crippen molar-refractivity contribution in [2.75, 3.05) is 32.8 Å². The minimum atomic E-state index is -0.208. The van der Waals surface area contributed by atoms with E-state index in [4.69, 9.17) is 21.1 Å². The first kappa shape index (κ1) is 16.9. The third-order valence-electron chi connectivity index (χ3n) is 4.13. The first-order valence-electron chi connectivity index (χ1n) is 8.30. The van der Waals surface area contributed by atoms with Crippen LogP contribution in [0.3, 0.4) is 0 Å². The minimum absolute atomic E-state index is 0.205. The quantitative estimate of drug-likeness (QED) is 0.825. The topological polar surface area (TPSA) is 67.9 Å². The number of fused-ring (bicyclic) bond motifs is 1. The number of likely N-dealkylation sites (tertiary alicyclic amines) is 1. The molecule has 130 valence electrons. The van der Waals surface area contributed by atoms with Crippen LogP contribution in [0.2, 0.25) is 5.02 Å². The Hall–Kier alpha value is -1.95. The van der Waals surface area contributed by atoms with E-state index in [1.54, 1.807) is 12.1 Å².